The summed E-state index contributed by atoms with van der Waals surface area (Å²) in [5, 5.41) is 13.2. The number of carbonyl (C=O) groups excluding carboxylic acids is 1. The topological polar surface area (TPSA) is 73.1 Å². The quantitative estimate of drug-likeness (QED) is 0.519. The largest absolute Gasteiger partial charge is 0.484 e. The van der Waals surface area contributed by atoms with Crippen LogP contribution < -0.4 is 9.64 Å². The maximum Gasteiger partial charge on any atom is 0.264 e. The van der Waals surface area contributed by atoms with Gasteiger partial charge >= 0.3 is 0 Å². The molecule has 1 amide bonds. The number of tetrazole rings is 1. The zero-order valence-corrected chi connectivity index (χ0v) is 15.4. The number of aromatic nitrogens is 4. The highest BCUT2D eigenvalue weighted by atomic mass is 16.5. The van der Waals surface area contributed by atoms with Gasteiger partial charge in [-0.25, -0.2) is 4.68 Å². The van der Waals surface area contributed by atoms with Crippen LogP contribution in [0.1, 0.15) is 6.92 Å². The van der Waals surface area contributed by atoms with E-state index in [-0.39, 0.29) is 12.5 Å². The molecule has 0 spiro atoms. The molecule has 0 atom stereocenters. The van der Waals surface area contributed by atoms with Crippen molar-refractivity contribution in [3.8, 4) is 11.4 Å². The first-order valence-corrected chi connectivity index (χ1v) is 9.00. The smallest absolute Gasteiger partial charge is 0.264 e. The number of carbonyl (C=O) groups is 1. The minimum absolute atomic E-state index is 0.0404. The van der Waals surface area contributed by atoms with E-state index in [0.29, 0.717) is 12.3 Å². The molecule has 0 unspecified atom stereocenters. The number of hydrogen-bond acceptors (Lipinski definition) is 5. The van der Waals surface area contributed by atoms with Crippen molar-refractivity contribution >= 4 is 22.4 Å². The number of fused-ring (bicyclic) bond motifs is 1. The van der Waals surface area contributed by atoms with Gasteiger partial charge in [0.15, 0.2) is 6.61 Å². The number of ether oxygens (including phenoxy) is 1. The third kappa shape index (κ3) is 3.55. The molecule has 1 heterocycles. The summed E-state index contributed by atoms with van der Waals surface area (Å²) in [6.07, 6.45) is 1.52. The van der Waals surface area contributed by atoms with Crippen LogP contribution in [0.5, 0.6) is 5.75 Å². The lowest BCUT2D eigenvalue weighted by atomic mass is 10.1. The molecule has 28 heavy (non-hydrogen) atoms. The lowest BCUT2D eigenvalue weighted by Crippen LogP contribution is -2.34. The summed E-state index contributed by atoms with van der Waals surface area (Å²) in [7, 11) is 0. The Balaban J connectivity index is 1.47. The Morgan fingerprint density at radius 3 is 2.57 bits per heavy atom. The van der Waals surface area contributed by atoms with Gasteiger partial charge in [-0.05, 0) is 53.1 Å². The summed E-state index contributed by atoms with van der Waals surface area (Å²) in [6.45, 7) is 2.48. The molecular weight excluding hydrogens is 354 g/mol. The molecule has 3 aromatic carbocycles. The third-order valence-electron chi connectivity index (χ3n) is 4.49. The molecule has 0 aliphatic rings. The van der Waals surface area contributed by atoms with Crippen molar-refractivity contribution in [1.29, 1.82) is 0 Å². The van der Waals surface area contributed by atoms with Gasteiger partial charge in [0.05, 0.1) is 11.4 Å². The Morgan fingerprint density at radius 1 is 1.04 bits per heavy atom. The molecule has 0 fully saturated rings. The molecule has 7 heteroatoms. The summed E-state index contributed by atoms with van der Waals surface area (Å²) in [6, 6.07) is 21.3. The first kappa shape index (κ1) is 17.7. The summed E-state index contributed by atoms with van der Waals surface area (Å²) < 4.78 is 7.25. The second-order valence-electron chi connectivity index (χ2n) is 6.17. The first-order chi connectivity index (χ1) is 13.8. The average Bonchev–Trinajstić information content (AvgIpc) is 3.28. The van der Waals surface area contributed by atoms with Crippen LogP contribution in [-0.2, 0) is 4.79 Å². The molecule has 4 rings (SSSR count). The molecule has 140 valence electrons. The zero-order valence-electron chi connectivity index (χ0n) is 15.4. The van der Waals surface area contributed by atoms with E-state index >= 15 is 0 Å². The third-order valence-corrected chi connectivity index (χ3v) is 4.49. The Bertz CT molecular complexity index is 1070. The molecule has 4 aromatic rings. The molecule has 0 bridgehead atoms. The van der Waals surface area contributed by atoms with Gasteiger partial charge in [-0.15, -0.1) is 5.10 Å². The minimum Gasteiger partial charge on any atom is -0.484 e. The van der Waals surface area contributed by atoms with Crippen LogP contribution in [0.15, 0.2) is 73.1 Å². The minimum atomic E-state index is -0.0941. The fourth-order valence-electron chi connectivity index (χ4n) is 3.12. The number of amides is 1. The highest BCUT2D eigenvalue weighted by molar-refractivity contribution is 6.04. The lowest BCUT2D eigenvalue weighted by molar-refractivity contribution is -0.120. The Labute approximate surface area is 162 Å². The van der Waals surface area contributed by atoms with Crippen LogP contribution in [0, 0.1) is 0 Å². The van der Waals surface area contributed by atoms with Crippen LogP contribution in [0.25, 0.3) is 16.5 Å². The van der Waals surface area contributed by atoms with E-state index < -0.39 is 0 Å². The molecule has 0 aliphatic heterocycles. The van der Waals surface area contributed by atoms with Crippen molar-refractivity contribution < 1.29 is 9.53 Å². The van der Waals surface area contributed by atoms with Crippen molar-refractivity contribution in [1.82, 2.24) is 20.2 Å². The normalized spacial score (nSPS) is 10.8. The molecule has 0 saturated heterocycles. The van der Waals surface area contributed by atoms with Crippen LogP contribution in [0.2, 0.25) is 0 Å². The average molecular weight is 373 g/mol. The summed E-state index contributed by atoms with van der Waals surface area (Å²) in [4.78, 5) is 14.6. The van der Waals surface area contributed by atoms with Crippen LogP contribution in [-0.4, -0.2) is 39.3 Å². The van der Waals surface area contributed by atoms with Crippen molar-refractivity contribution in [3.63, 3.8) is 0 Å². The van der Waals surface area contributed by atoms with Crippen molar-refractivity contribution in [2.45, 2.75) is 6.92 Å². The van der Waals surface area contributed by atoms with Crippen molar-refractivity contribution in [3.05, 3.63) is 73.1 Å². The maximum absolute atomic E-state index is 12.8. The molecule has 0 aliphatic carbocycles. The van der Waals surface area contributed by atoms with Gasteiger partial charge in [-0.3, -0.25) is 4.79 Å². The summed E-state index contributed by atoms with van der Waals surface area (Å²) in [5.41, 5.74) is 1.71. The van der Waals surface area contributed by atoms with E-state index in [1.54, 1.807) is 21.7 Å². The monoisotopic (exact) mass is 373 g/mol. The van der Waals surface area contributed by atoms with E-state index in [4.69, 9.17) is 4.74 Å². The van der Waals surface area contributed by atoms with Gasteiger partial charge < -0.3 is 9.64 Å². The second-order valence-corrected chi connectivity index (χ2v) is 6.17. The van der Waals surface area contributed by atoms with Gasteiger partial charge in [0, 0.05) is 11.9 Å². The van der Waals surface area contributed by atoms with Gasteiger partial charge in [0.2, 0.25) is 0 Å². The first-order valence-electron chi connectivity index (χ1n) is 9.00. The molecule has 0 radical (unpaired) electrons. The highest BCUT2D eigenvalue weighted by Gasteiger charge is 2.16. The molecular formula is C21H19N5O2. The fourth-order valence-corrected chi connectivity index (χ4v) is 3.12. The van der Waals surface area contributed by atoms with Crippen molar-refractivity contribution in [2.24, 2.45) is 0 Å². The Morgan fingerprint density at radius 2 is 1.82 bits per heavy atom. The van der Waals surface area contributed by atoms with Crippen LogP contribution in [0.3, 0.4) is 0 Å². The highest BCUT2D eigenvalue weighted by Crippen LogP contribution is 2.27. The van der Waals surface area contributed by atoms with E-state index in [9.17, 15) is 4.79 Å². The Hall–Kier alpha value is -3.74. The van der Waals surface area contributed by atoms with E-state index in [2.05, 4.69) is 15.5 Å². The summed E-state index contributed by atoms with van der Waals surface area (Å²) in [5.74, 6) is 0.516. The van der Waals surface area contributed by atoms with E-state index in [1.165, 1.54) is 6.33 Å². The number of nitrogens with zero attached hydrogens (tertiary/aromatic N) is 5. The van der Waals surface area contributed by atoms with Gasteiger partial charge in [0.1, 0.15) is 12.1 Å². The number of anilines is 1. The van der Waals surface area contributed by atoms with Crippen LogP contribution in [0.4, 0.5) is 5.69 Å². The molecule has 0 saturated carbocycles. The predicted octanol–water partition coefficient (Wildman–Crippen LogP) is 3.25. The molecule has 7 nitrogen and oxygen atoms in total. The standard InChI is InChI=1S/C21H19N5O2/c1-2-25(20-9-5-7-16-6-3-4-8-19(16)20)21(27)14-28-18-12-10-17(11-13-18)26-15-22-23-24-26/h3-13,15H,2,14H2,1H3. The van der Waals surface area contributed by atoms with E-state index in [1.807, 2.05) is 61.5 Å². The molecule has 1 aromatic heterocycles. The lowest BCUT2D eigenvalue weighted by Gasteiger charge is -2.23. The van der Waals surface area contributed by atoms with Gasteiger partial charge in [-0.1, -0.05) is 36.4 Å². The number of rotatable bonds is 6. The number of hydrogen-bond donors (Lipinski definition) is 0. The van der Waals surface area contributed by atoms with Gasteiger partial charge in [0.25, 0.3) is 5.91 Å². The Kier molecular flexibility index (Phi) is 4.97. The maximum atomic E-state index is 12.8. The number of likely N-dealkylation sites (N-methyl/N-ethyl adjacent to an activating group) is 1. The van der Waals surface area contributed by atoms with Crippen LogP contribution >= 0.6 is 0 Å². The van der Waals surface area contributed by atoms with E-state index in [0.717, 1.165) is 22.1 Å². The zero-order chi connectivity index (χ0) is 19.3. The molecule has 0 N–H and O–H groups in total. The second kappa shape index (κ2) is 7.87. The van der Waals surface area contributed by atoms with Crippen molar-refractivity contribution in [2.75, 3.05) is 18.1 Å². The fraction of sp³-hybridized carbons (Fsp3) is 0.143. The SMILES string of the molecule is CCN(C(=O)COc1ccc(-n2cnnn2)cc1)c1cccc2ccccc12. The summed E-state index contributed by atoms with van der Waals surface area (Å²) >= 11 is 0. The van der Waals surface area contributed by atoms with Gasteiger partial charge in [-0.2, -0.15) is 0 Å². The number of benzene rings is 3. The predicted molar refractivity (Wildman–Crippen MR) is 107 cm³/mol.